The highest BCUT2D eigenvalue weighted by molar-refractivity contribution is 6.24. The summed E-state index contributed by atoms with van der Waals surface area (Å²) in [6, 6.07) is 9.96. The van der Waals surface area contributed by atoms with E-state index >= 15 is 0 Å². The Bertz CT molecular complexity index is 1150. The molecule has 0 radical (unpaired) electrons. The van der Waals surface area contributed by atoms with Gasteiger partial charge in [0, 0.05) is 6.04 Å². The number of methoxy groups -OCH3 is 3. The summed E-state index contributed by atoms with van der Waals surface area (Å²) >= 11 is 0. The molecule has 2 saturated heterocycles. The first-order valence-electron chi connectivity index (χ1n) is 12.0. The number of esters is 1. The van der Waals surface area contributed by atoms with Gasteiger partial charge in [0.1, 0.15) is 5.54 Å². The lowest BCUT2D eigenvalue weighted by Gasteiger charge is -2.32. The van der Waals surface area contributed by atoms with Gasteiger partial charge >= 0.3 is 5.97 Å². The minimum Gasteiger partial charge on any atom is -0.493 e. The van der Waals surface area contributed by atoms with Gasteiger partial charge < -0.3 is 18.9 Å². The van der Waals surface area contributed by atoms with Gasteiger partial charge in [0.25, 0.3) is 0 Å². The van der Waals surface area contributed by atoms with Crippen LogP contribution in [0.4, 0.5) is 5.69 Å². The smallest absolute Gasteiger partial charge is 0.327 e. The summed E-state index contributed by atoms with van der Waals surface area (Å²) in [6.07, 6.45) is 0.259. The van der Waals surface area contributed by atoms with Crippen LogP contribution in [0, 0.1) is 18.8 Å². The fourth-order valence-corrected chi connectivity index (χ4v) is 5.43. The molecule has 0 bridgehead atoms. The largest absolute Gasteiger partial charge is 0.493 e. The van der Waals surface area contributed by atoms with Crippen molar-refractivity contribution in [2.24, 2.45) is 11.8 Å². The Labute approximate surface area is 210 Å². The molecule has 2 amide bonds. The SMILES string of the molecule is CCOC(=O)[C@@]1(CC)N[C@@H](c2cc(OC)c(OC)c(OC)c2)[C@H]2C(=O)N(c3ccc(C)cc3)C(=O)[C@H]21. The van der Waals surface area contributed by atoms with Gasteiger partial charge in [-0.25, -0.2) is 4.90 Å². The number of fused-ring (bicyclic) bond motifs is 1. The second kappa shape index (κ2) is 9.81. The molecule has 2 aliphatic rings. The molecule has 192 valence electrons. The second-order valence-electron chi connectivity index (χ2n) is 8.98. The Morgan fingerprint density at radius 1 is 0.972 bits per heavy atom. The first kappa shape index (κ1) is 25.5. The Kier molecular flexibility index (Phi) is 6.95. The number of carbonyl (C=O) groups is 3. The van der Waals surface area contributed by atoms with Crippen LogP contribution in [0.15, 0.2) is 36.4 Å². The third kappa shape index (κ3) is 3.78. The number of nitrogens with zero attached hydrogens (tertiary/aromatic N) is 1. The van der Waals surface area contributed by atoms with Gasteiger partial charge in [0.05, 0.1) is 45.5 Å². The van der Waals surface area contributed by atoms with Crippen LogP contribution in [0.5, 0.6) is 17.2 Å². The monoisotopic (exact) mass is 496 g/mol. The van der Waals surface area contributed by atoms with Crippen LogP contribution in [0.2, 0.25) is 0 Å². The van der Waals surface area contributed by atoms with Crippen molar-refractivity contribution in [3.63, 3.8) is 0 Å². The van der Waals surface area contributed by atoms with Crippen LogP contribution in [0.3, 0.4) is 0 Å². The lowest BCUT2D eigenvalue weighted by atomic mass is 9.78. The molecule has 4 atom stereocenters. The second-order valence-corrected chi connectivity index (χ2v) is 8.98. The highest BCUT2D eigenvalue weighted by atomic mass is 16.5. The molecule has 0 aromatic heterocycles. The molecule has 4 rings (SSSR count). The average molecular weight is 497 g/mol. The van der Waals surface area contributed by atoms with E-state index in [1.165, 1.54) is 26.2 Å². The Balaban J connectivity index is 1.89. The topological polar surface area (TPSA) is 103 Å². The molecule has 2 heterocycles. The van der Waals surface area contributed by atoms with Gasteiger partial charge in [-0.1, -0.05) is 24.6 Å². The van der Waals surface area contributed by atoms with Crippen LogP contribution < -0.4 is 24.4 Å². The molecule has 2 fully saturated rings. The maximum Gasteiger partial charge on any atom is 0.327 e. The van der Waals surface area contributed by atoms with Crippen LogP contribution in [0.1, 0.15) is 37.4 Å². The molecule has 0 aliphatic carbocycles. The van der Waals surface area contributed by atoms with E-state index in [0.29, 0.717) is 28.5 Å². The number of rotatable bonds is 8. The zero-order chi connectivity index (χ0) is 26.2. The van der Waals surface area contributed by atoms with Crippen LogP contribution >= 0.6 is 0 Å². The van der Waals surface area contributed by atoms with E-state index < -0.39 is 35.3 Å². The molecule has 9 nitrogen and oxygen atoms in total. The standard InChI is InChI=1S/C27H32N2O7/c1-7-27(26(32)36-8-2)21-20(24(30)29(25(21)31)17-11-9-15(3)10-12-17)22(28-27)16-13-18(33-4)23(35-6)19(14-16)34-5/h9-14,20-22,28H,7-8H2,1-6H3/t20-,21-,22-,27-/m0/s1. The number of nitrogens with one attached hydrogen (secondary N) is 1. The molecule has 0 saturated carbocycles. The van der Waals surface area contributed by atoms with Gasteiger partial charge in [-0.2, -0.15) is 0 Å². The van der Waals surface area contributed by atoms with Crippen molar-refractivity contribution in [1.82, 2.24) is 5.32 Å². The summed E-state index contributed by atoms with van der Waals surface area (Å²) in [4.78, 5) is 42.4. The number of anilines is 1. The van der Waals surface area contributed by atoms with Crippen molar-refractivity contribution in [3.05, 3.63) is 47.5 Å². The van der Waals surface area contributed by atoms with Crippen molar-refractivity contribution < 1.29 is 33.3 Å². The van der Waals surface area contributed by atoms with E-state index in [2.05, 4.69) is 5.32 Å². The van der Waals surface area contributed by atoms with E-state index in [9.17, 15) is 14.4 Å². The molecule has 0 spiro atoms. The molecule has 1 N–H and O–H groups in total. The predicted molar refractivity (Wildman–Crippen MR) is 132 cm³/mol. The zero-order valence-corrected chi connectivity index (χ0v) is 21.4. The van der Waals surface area contributed by atoms with E-state index in [1.54, 1.807) is 31.2 Å². The average Bonchev–Trinajstić information content (AvgIpc) is 3.37. The quantitative estimate of drug-likeness (QED) is 0.439. The van der Waals surface area contributed by atoms with Crippen molar-refractivity contribution in [3.8, 4) is 17.2 Å². The summed E-state index contributed by atoms with van der Waals surface area (Å²) in [5.41, 5.74) is 0.732. The van der Waals surface area contributed by atoms with Gasteiger partial charge in [-0.3, -0.25) is 19.7 Å². The molecule has 9 heteroatoms. The molecule has 36 heavy (non-hydrogen) atoms. The number of benzene rings is 2. The van der Waals surface area contributed by atoms with Crippen molar-refractivity contribution in [2.75, 3.05) is 32.8 Å². The highest BCUT2D eigenvalue weighted by Crippen LogP contribution is 2.53. The minimum atomic E-state index is -1.38. The molecule has 2 aromatic rings. The van der Waals surface area contributed by atoms with Gasteiger partial charge in [0.2, 0.25) is 17.6 Å². The number of amides is 2. The van der Waals surface area contributed by atoms with Crippen LogP contribution in [-0.2, 0) is 19.1 Å². The van der Waals surface area contributed by atoms with Crippen molar-refractivity contribution in [1.29, 1.82) is 0 Å². The third-order valence-electron chi connectivity index (χ3n) is 7.19. The highest BCUT2D eigenvalue weighted by Gasteiger charge is 2.68. The van der Waals surface area contributed by atoms with E-state index in [1.807, 2.05) is 26.0 Å². The van der Waals surface area contributed by atoms with Crippen molar-refractivity contribution in [2.45, 2.75) is 38.8 Å². The first-order chi connectivity index (χ1) is 17.3. The lowest BCUT2D eigenvalue weighted by Crippen LogP contribution is -2.56. The number of hydrogen-bond donors (Lipinski definition) is 1. The molecular formula is C27H32N2O7. The fraction of sp³-hybridized carbons (Fsp3) is 0.444. The summed E-state index contributed by atoms with van der Waals surface area (Å²) in [5, 5.41) is 3.34. The maximum atomic E-state index is 13.9. The summed E-state index contributed by atoms with van der Waals surface area (Å²) in [5.74, 6) is -1.92. The van der Waals surface area contributed by atoms with Gasteiger partial charge in [-0.05, 0) is 50.1 Å². The van der Waals surface area contributed by atoms with Crippen molar-refractivity contribution >= 4 is 23.5 Å². The molecule has 0 unspecified atom stereocenters. The first-order valence-corrected chi connectivity index (χ1v) is 12.0. The van der Waals surface area contributed by atoms with E-state index in [0.717, 1.165) is 5.56 Å². The molecule has 2 aromatic carbocycles. The Morgan fingerprint density at radius 3 is 2.08 bits per heavy atom. The third-order valence-corrected chi connectivity index (χ3v) is 7.19. The Morgan fingerprint density at radius 2 is 1.58 bits per heavy atom. The molecule has 2 aliphatic heterocycles. The van der Waals surface area contributed by atoms with E-state index in [4.69, 9.17) is 18.9 Å². The number of carbonyl (C=O) groups excluding carboxylic acids is 3. The van der Waals surface area contributed by atoms with Gasteiger partial charge in [0.15, 0.2) is 11.5 Å². The number of imide groups is 1. The normalized spacial score (nSPS) is 25.1. The summed E-state index contributed by atoms with van der Waals surface area (Å²) in [6.45, 7) is 5.60. The molecular weight excluding hydrogens is 464 g/mol. The van der Waals surface area contributed by atoms with E-state index in [-0.39, 0.29) is 18.9 Å². The van der Waals surface area contributed by atoms with Crippen LogP contribution in [-0.4, -0.2) is 51.3 Å². The Hall–Kier alpha value is -3.59. The maximum absolute atomic E-state index is 13.9. The van der Waals surface area contributed by atoms with Gasteiger partial charge in [-0.15, -0.1) is 0 Å². The predicted octanol–water partition coefficient (Wildman–Crippen LogP) is 3.18. The summed E-state index contributed by atoms with van der Waals surface area (Å²) in [7, 11) is 4.51. The minimum absolute atomic E-state index is 0.151. The zero-order valence-electron chi connectivity index (χ0n) is 21.4. The lowest BCUT2D eigenvalue weighted by molar-refractivity contribution is -0.154. The number of ether oxygens (including phenoxy) is 4. The fourth-order valence-electron chi connectivity index (χ4n) is 5.43. The summed E-state index contributed by atoms with van der Waals surface area (Å²) < 4.78 is 21.9. The number of aryl methyl sites for hydroxylation is 1. The number of hydrogen-bond acceptors (Lipinski definition) is 8. The van der Waals surface area contributed by atoms with Crippen LogP contribution in [0.25, 0.3) is 0 Å².